The first kappa shape index (κ1) is 13.4. The molecule has 2 N–H and O–H groups in total. The number of piperazine rings is 1. The van der Waals surface area contributed by atoms with E-state index in [1.807, 2.05) is 19.1 Å². The van der Waals surface area contributed by atoms with E-state index in [1.165, 1.54) is 0 Å². The van der Waals surface area contributed by atoms with E-state index < -0.39 is 0 Å². The summed E-state index contributed by atoms with van der Waals surface area (Å²) < 4.78 is 0. The summed E-state index contributed by atoms with van der Waals surface area (Å²) in [7, 11) is 0. The molecule has 19 heavy (non-hydrogen) atoms. The van der Waals surface area contributed by atoms with Crippen molar-refractivity contribution < 1.29 is 4.79 Å². The highest BCUT2D eigenvalue weighted by Gasteiger charge is 2.11. The fourth-order valence-corrected chi connectivity index (χ4v) is 1.87. The van der Waals surface area contributed by atoms with Gasteiger partial charge in [-0.05, 0) is 18.1 Å². The second-order valence-electron chi connectivity index (χ2n) is 4.25. The quantitative estimate of drug-likeness (QED) is 0.772. The number of carbonyl (C=O) groups is 1. The highest BCUT2D eigenvalue weighted by atomic mass is 16.1. The van der Waals surface area contributed by atoms with Crippen LogP contribution in [0.4, 0.5) is 11.5 Å². The van der Waals surface area contributed by atoms with E-state index >= 15 is 0 Å². The van der Waals surface area contributed by atoms with E-state index in [4.69, 9.17) is 0 Å². The zero-order valence-corrected chi connectivity index (χ0v) is 11.1. The Labute approximate surface area is 113 Å². The normalized spacial score (nSPS) is 14.5. The fraction of sp³-hybridized carbons (Fsp3) is 0.429. The standard InChI is InChI=1S/C14H18N4O/c1-2-3-4-14(19)17-12-5-6-13(16-11-12)18-9-7-15-8-10-18/h5-6,11,15H,2,7-10H2,1H3,(H,17,19). The van der Waals surface area contributed by atoms with E-state index in [2.05, 4.69) is 32.4 Å². The minimum atomic E-state index is -0.293. The van der Waals surface area contributed by atoms with Crippen LogP contribution in [-0.4, -0.2) is 37.1 Å². The monoisotopic (exact) mass is 258 g/mol. The van der Waals surface area contributed by atoms with E-state index in [0.717, 1.165) is 32.0 Å². The molecule has 1 aliphatic heterocycles. The summed E-state index contributed by atoms with van der Waals surface area (Å²) >= 11 is 0. The molecule has 1 aliphatic rings. The predicted octanol–water partition coefficient (Wildman–Crippen LogP) is 0.843. The second-order valence-corrected chi connectivity index (χ2v) is 4.25. The van der Waals surface area contributed by atoms with Crippen LogP contribution in [-0.2, 0) is 4.79 Å². The minimum absolute atomic E-state index is 0.293. The maximum atomic E-state index is 11.4. The van der Waals surface area contributed by atoms with Gasteiger partial charge >= 0.3 is 0 Å². The van der Waals surface area contributed by atoms with E-state index in [9.17, 15) is 4.79 Å². The van der Waals surface area contributed by atoms with Gasteiger partial charge in [0.15, 0.2) is 0 Å². The maximum absolute atomic E-state index is 11.4. The van der Waals surface area contributed by atoms with Gasteiger partial charge in [0.1, 0.15) is 5.82 Å². The van der Waals surface area contributed by atoms with Crippen molar-refractivity contribution in [3.8, 4) is 11.8 Å². The Morgan fingerprint density at radius 1 is 1.47 bits per heavy atom. The third-order valence-electron chi connectivity index (χ3n) is 2.83. The number of anilines is 2. The first-order valence-electron chi connectivity index (χ1n) is 6.51. The van der Waals surface area contributed by atoms with Gasteiger partial charge in [-0.25, -0.2) is 4.98 Å². The van der Waals surface area contributed by atoms with Crippen LogP contribution in [0.3, 0.4) is 0 Å². The van der Waals surface area contributed by atoms with Gasteiger partial charge in [-0.15, -0.1) is 0 Å². The van der Waals surface area contributed by atoms with Gasteiger partial charge in [-0.2, -0.15) is 0 Å². The summed E-state index contributed by atoms with van der Waals surface area (Å²) in [6.07, 6.45) is 2.34. The first-order chi connectivity index (χ1) is 9.29. The summed E-state index contributed by atoms with van der Waals surface area (Å²) in [6, 6.07) is 3.78. The highest BCUT2D eigenvalue weighted by Crippen LogP contribution is 2.14. The van der Waals surface area contributed by atoms with Crippen LogP contribution in [0.5, 0.6) is 0 Å². The number of aromatic nitrogens is 1. The molecule has 2 rings (SSSR count). The van der Waals surface area contributed by atoms with Crippen LogP contribution < -0.4 is 15.5 Å². The molecular weight excluding hydrogens is 240 g/mol. The van der Waals surface area contributed by atoms with Crippen molar-refractivity contribution in [2.45, 2.75) is 13.3 Å². The van der Waals surface area contributed by atoms with Crippen molar-refractivity contribution in [2.24, 2.45) is 0 Å². The van der Waals surface area contributed by atoms with Gasteiger partial charge in [-0.1, -0.05) is 12.8 Å². The molecule has 0 aliphatic carbocycles. The van der Waals surface area contributed by atoms with Crippen molar-refractivity contribution in [2.75, 3.05) is 36.4 Å². The molecule has 0 unspecified atom stereocenters. The topological polar surface area (TPSA) is 57.3 Å². The van der Waals surface area contributed by atoms with Gasteiger partial charge in [0.25, 0.3) is 5.91 Å². The Morgan fingerprint density at radius 3 is 2.89 bits per heavy atom. The first-order valence-corrected chi connectivity index (χ1v) is 6.51. The molecule has 0 atom stereocenters. The number of rotatable bonds is 2. The molecule has 100 valence electrons. The van der Waals surface area contributed by atoms with Gasteiger partial charge in [-0.3, -0.25) is 4.79 Å². The maximum Gasteiger partial charge on any atom is 0.300 e. The second kappa shape index (κ2) is 6.76. The fourth-order valence-electron chi connectivity index (χ4n) is 1.87. The molecule has 0 radical (unpaired) electrons. The third kappa shape index (κ3) is 3.97. The summed E-state index contributed by atoms with van der Waals surface area (Å²) in [6.45, 7) is 5.78. The van der Waals surface area contributed by atoms with Crippen molar-refractivity contribution >= 4 is 17.4 Å². The van der Waals surface area contributed by atoms with Crippen LogP contribution in [0.2, 0.25) is 0 Å². The average Bonchev–Trinajstić information content (AvgIpc) is 2.47. The van der Waals surface area contributed by atoms with Gasteiger partial charge in [0, 0.05) is 32.6 Å². The number of nitrogens with zero attached hydrogens (tertiary/aromatic N) is 2. The number of pyridine rings is 1. The van der Waals surface area contributed by atoms with E-state index in [0.29, 0.717) is 12.1 Å². The predicted molar refractivity (Wildman–Crippen MR) is 76.0 cm³/mol. The Balaban J connectivity index is 1.96. The lowest BCUT2D eigenvalue weighted by Gasteiger charge is -2.28. The number of hydrogen-bond acceptors (Lipinski definition) is 4. The lowest BCUT2D eigenvalue weighted by atomic mass is 10.3. The molecule has 5 heteroatoms. The lowest BCUT2D eigenvalue weighted by molar-refractivity contribution is -0.111. The van der Waals surface area contributed by atoms with Crippen molar-refractivity contribution in [3.63, 3.8) is 0 Å². The average molecular weight is 258 g/mol. The summed E-state index contributed by atoms with van der Waals surface area (Å²) in [5.74, 6) is 5.90. The molecule has 0 aromatic carbocycles. The van der Waals surface area contributed by atoms with Crippen molar-refractivity contribution in [1.29, 1.82) is 0 Å². The third-order valence-corrected chi connectivity index (χ3v) is 2.83. The number of nitrogens with one attached hydrogen (secondary N) is 2. The molecule has 2 heterocycles. The van der Waals surface area contributed by atoms with Crippen LogP contribution in [0, 0.1) is 11.8 Å². The number of carbonyl (C=O) groups excluding carboxylic acids is 1. The van der Waals surface area contributed by atoms with Gasteiger partial charge < -0.3 is 15.5 Å². The van der Waals surface area contributed by atoms with Crippen LogP contribution in [0.1, 0.15) is 13.3 Å². The number of amides is 1. The molecule has 1 amide bonds. The SMILES string of the molecule is CCC#CC(=O)Nc1ccc(N2CCNCC2)nc1. The van der Waals surface area contributed by atoms with Gasteiger partial charge in [0.05, 0.1) is 11.9 Å². The van der Waals surface area contributed by atoms with Crippen molar-refractivity contribution in [1.82, 2.24) is 10.3 Å². The van der Waals surface area contributed by atoms with Crippen LogP contribution >= 0.6 is 0 Å². The van der Waals surface area contributed by atoms with Crippen molar-refractivity contribution in [3.05, 3.63) is 18.3 Å². The molecule has 1 aromatic heterocycles. The zero-order valence-electron chi connectivity index (χ0n) is 11.1. The van der Waals surface area contributed by atoms with E-state index in [1.54, 1.807) is 6.20 Å². The van der Waals surface area contributed by atoms with Gasteiger partial charge in [0.2, 0.25) is 0 Å². The minimum Gasteiger partial charge on any atom is -0.354 e. The molecule has 0 saturated carbocycles. The Morgan fingerprint density at radius 2 is 2.26 bits per heavy atom. The van der Waals surface area contributed by atoms with Crippen LogP contribution in [0.15, 0.2) is 18.3 Å². The largest absolute Gasteiger partial charge is 0.354 e. The highest BCUT2D eigenvalue weighted by molar-refractivity contribution is 6.03. The number of hydrogen-bond donors (Lipinski definition) is 2. The molecule has 0 spiro atoms. The lowest BCUT2D eigenvalue weighted by Crippen LogP contribution is -2.43. The summed E-state index contributed by atoms with van der Waals surface area (Å²) in [5.41, 5.74) is 0.675. The molecular formula is C14H18N4O. The summed E-state index contributed by atoms with van der Waals surface area (Å²) in [5, 5.41) is 6.00. The zero-order chi connectivity index (χ0) is 13.5. The molecule has 0 bridgehead atoms. The van der Waals surface area contributed by atoms with E-state index in [-0.39, 0.29) is 5.91 Å². The Kier molecular flexibility index (Phi) is 4.76. The van der Waals surface area contributed by atoms with Crippen LogP contribution in [0.25, 0.3) is 0 Å². The Bertz CT molecular complexity index is 480. The molecule has 1 fully saturated rings. The smallest absolute Gasteiger partial charge is 0.300 e. The Hall–Kier alpha value is -2.06. The molecule has 1 aromatic rings. The molecule has 1 saturated heterocycles. The summed E-state index contributed by atoms with van der Waals surface area (Å²) in [4.78, 5) is 18.0. The molecule has 5 nitrogen and oxygen atoms in total.